The first kappa shape index (κ1) is 10.9. The van der Waals surface area contributed by atoms with Crippen molar-refractivity contribution in [2.24, 2.45) is 5.73 Å². The molecule has 0 aliphatic carbocycles. The molecule has 0 aromatic heterocycles. The van der Waals surface area contributed by atoms with Gasteiger partial charge in [-0.15, -0.1) is 0 Å². The van der Waals surface area contributed by atoms with Gasteiger partial charge in [0, 0.05) is 4.43 Å². The molecule has 64 valence electrons. The molecule has 0 aromatic carbocycles. The number of nitrogens with two attached hydrogens (primary N) is 1. The van der Waals surface area contributed by atoms with Crippen LogP contribution in [0.15, 0.2) is 12.7 Å². The van der Waals surface area contributed by atoms with Crippen LogP contribution in [0, 0.1) is 0 Å². The fraction of sp³-hybridized carbons (Fsp3) is 0.571. The van der Waals surface area contributed by atoms with Crippen LogP contribution in [0.3, 0.4) is 0 Å². The summed E-state index contributed by atoms with van der Waals surface area (Å²) < 4.78 is 5.58. The van der Waals surface area contributed by atoms with Gasteiger partial charge in [-0.25, -0.2) is 0 Å². The van der Waals surface area contributed by atoms with Crippen molar-refractivity contribution >= 4 is 28.6 Å². The SMILES string of the molecule is C=CCOC(=O)C(N)CCI. The van der Waals surface area contributed by atoms with Crippen molar-refractivity contribution in [3.05, 3.63) is 12.7 Å². The molecule has 1 atom stereocenters. The highest BCUT2D eigenvalue weighted by atomic mass is 127. The van der Waals surface area contributed by atoms with Gasteiger partial charge in [-0.2, -0.15) is 0 Å². The summed E-state index contributed by atoms with van der Waals surface area (Å²) >= 11 is 2.17. The van der Waals surface area contributed by atoms with Gasteiger partial charge in [-0.05, 0) is 6.42 Å². The van der Waals surface area contributed by atoms with E-state index in [1.54, 1.807) is 0 Å². The monoisotopic (exact) mass is 269 g/mol. The van der Waals surface area contributed by atoms with Crippen LogP contribution in [0.1, 0.15) is 6.42 Å². The Morgan fingerprint density at radius 2 is 2.45 bits per heavy atom. The third-order valence-corrected chi connectivity index (χ3v) is 1.69. The normalized spacial score (nSPS) is 12.2. The second kappa shape index (κ2) is 6.60. The first-order valence-electron chi connectivity index (χ1n) is 3.31. The maximum Gasteiger partial charge on any atom is 0.323 e. The van der Waals surface area contributed by atoms with Crippen LogP contribution in [-0.2, 0) is 9.53 Å². The van der Waals surface area contributed by atoms with E-state index in [1.807, 2.05) is 0 Å². The molecular formula is C7H12INO2. The molecule has 0 saturated carbocycles. The molecule has 0 heterocycles. The smallest absolute Gasteiger partial charge is 0.323 e. The van der Waals surface area contributed by atoms with Crippen LogP contribution >= 0.6 is 22.6 Å². The first-order valence-corrected chi connectivity index (χ1v) is 4.84. The second-order valence-corrected chi connectivity index (χ2v) is 3.08. The van der Waals surface area contributed by atoms with E-state index < -0.39 is 6.04 Å². The number of ether oxygens (including phenoxy) is 1. The minimum atomic E-state index is -0.480. The molecule has 0 aromatic rings. The zero-order valence-corrected chi connectivity index (χ0v) is 8.41. The Balaban J connectivity index is 3.54. The van der Waals surface area contributed by atoms with E-state index in [2.05, 4.69) is 29.2 Å². The highest BCUT2D eigenvalue weighted by molar-refractivity contribution is 14.1. The van der Waals surface area contributed by atoms with Gasteiger partial charge in [-0.1, -0.05) is 35.2 Å². The van der Waals surface area contributed by atoms with Gasteiger partial charge in [-0.3, -0.25) is 4.79 Å². The summed E-state index contributed by atoms with van der Waals surface area (Å²) in [4.78, 5) is 10.9. The van der Waals surface area contributed by atoms with Crippen molar-refractivity contribution in [1.29, 1.82) is 0 Å². The predicted molar refractivity (Wildman–Crippen MR) is 52.6 cm³/mol. The van der Waals surface area contributed by atoms with Gasteiger partial charge in [0.25, 0.3) is 0 Å². The maximum atomic E-state index is 10.9. The van der Waals surface area contributed by atoms with Gasteiger partial charge in [0.05, 0.1) is 0 Å². The third-order valence-electron chi connectivity index (χ3n) is 1.07. The molecule has 0 spiro atoms. The number of esters is 1. The Kier molecular flexibility index (Phi) is 6.54. The average Bonchev–Trinajstić information content (AvgIpc) is 2.00. The Bertz CT molecular complexity index is 138. The highest BCUT2D eigenvalue weighted by Gasteiger charge is 2.12. The summed E-state index contributed by atoms with van der Waals surface area (Å²) in [6.45, 7) is 3.66. The summed E-state index contributed by atoms with van der Waals surface area (Å²) in [5.41, 5.74) is 5.45. The summed E-state index contributed by atoms with van der Waals surface area (Å²) in [5, 5.41) is 0. The molecule has 0 aliphatic heterocycles. The van der Waals surface area contributed by atoms with Crippen LogP contribution in [0.2, 0.25) is 0 Å². The van der Waals surface area contributed by atoms with Crippen LogP contribution in [0.5, 0.6) is 0 Å². The quantitative estimate of drug-likeness (QED) is 0.349. The summed E-state index contributed by atoms with van der Waals surface area (Å²) in [5.74, 6) is -0.346. The molecule has 4 heteroatoms. The van der Waals surface area contributed by atoms with Crippen molar-refractivity contribution in [1.82, 2.24) is 0 Å². The number of halogens is 1. The molecule has 0 radical (unpaired) electrons. The van der Waals surface area contributed by atoms with Crippen LogP contribution in [0.25, 0.3) is 0 Å². The van der Waals surface area contributed by atoms with Crippen molar-refractivity contribution in [2.75, 3.05) is 11.0 Å². The van der Waals surface area contributed by atoms with Gasteiger partial charge in [0.1, 0.15) is 12.6 Å². The second-order valence-electron chi connectivity index (χ2n) is 2.00. The molecule has 1 unspecified atom stereocenters. The lowest BCUT2D eigenvalue weighted by Crippen LogP contribution is -2.32. The Morgan fingerprint density at radius 1 is 1.82 bits per heavy atom. The zero-order valence-electron chi connectivity index (χ0n) is 6.25. The van der Waals surface area contributed by atoms with E-state index >= 15 is 0 Å². The summed E-state index contributed by atoms with van der Waals surface area (Å²) in [7, 11) is 0. The van der Waals surface area contributed by atoms with Crippen molar-refractivity contribution < 1.29 is 9.53 Å². The fourth-order valence-electron chi connectivity index (χ4n) is 0.483. The van der Waals surface area contributed by atoms with E-state index in [4.69, 9.17) is 10.5 Å². The lowest BCUT2D eigenvalue weighted by Gasteiger charge is -2.07. The number of hydrogen-bond donors (Lipinski definition) is 1. The highest BCUT2D eigenvalue weighted by Crippen LogP contribution is 1.96. The largest absolute Gasteiger partial charge is 0.460 e. The van der Waals surface area contributed by atoms with Gasteiger partial charge in [0.2, 0.25) is 0 Å². The summed E-state index contributed by atoms with van der Waals surface area (Å²) in [6.07, 6.45) is 2.19. The fourth-order valence-corrected chi connectivity index (χ4v) is 1.15. The average molecular weight is 269 g/mol. The molecule has 0 fully saturated rings. The maximum absolute atomic E-state index is 10.9. The lowest BCUT2D eigenvalue weighted by molar-refractivity contribution is -0.143. The van der Waals surface area contributed by atoms with Crippen molar-refractivity contribution in [3.63, 3.8) is 0 Å². The first-order chi connectivity index (χ1) is 5.22. The van der Waals surface area contributed by atoms with Crippen LogP contribution in [0.4, 0.5) is 0 Å². The minimum Gasteiger partial charge on any atom is -0.460 e. The molecule has 0 bridgehead atoms. The van der Waals surface area contributed by atoms with Gasteiger partial charge < -0.3 is 10.5 Å². The number of carbonyl (C=O) groups excluding carboxylic acids is 1. The van der Waals surface area contributed by atoms with Crippen molar-refractivity contribution in [3.8, 4) is 0 Å². The van der Waals surface area contributed by atoms with E-state index in [1.165, 1.54) is 6.08 Å². The molecule has 0 saturated heterocycles. The standard InChI is InChI=1S/C7H12INO2/c1-2-5-11-7(10)6(9)3-4-8/h2,6H,1,3-5,9H2. The van der Waals surface area contributed by atoms with Gasteiger partial charge in [0.15, 0.2) is 0 Å². The van der Waals surface area contributed by atoms with Gasteiger partial charge >= 0.3 is 5.97 Å². The van der Waals surface area contributed by atoms with E-state index in [-0.39, 0.29) is 12.6 Å². The number of rotatable bonds is 5. The minimum absolute atomic E-state index is 0.244. The lowest BCUT2D eigenvalue weighted by atomic mass is 10.2. The van der Waals surface area contributed by atoms with E-state index in [0.717, 1.165) is 4.43 Å². The molecule has 0 rings (SSSR count). The molecular weight excluding hydrogens is 257 g/mol. The molecule has 2 N–H and O–H groups in total. The third kappa shape index (κ3) is 5.20. The number of hydrogen-bond acceptors (Lipinski definition) is 3. The van der Waals surface area contributed by atoms with Crippen LogP contribution in [-0.4, -0.2) is 23.0 Å². The summed E-state index contributed by atoms with van der Waals surface area (Å²) in [6, 6.07) is -0.480. The Morgan fingerprint density at radius 3 is 2.91 bits per heavy atom. The Hall–Kier alpha value is -0.100. The number of alkyl halides is 1. The van der Waals surface area contributed by atoms with Crippen molar-refractivity contribution in [2.45, 2.75) is 12.5 Å². The molecule has 3 nitrogen and oxygen atoms in total. The van der Waals surface area contributed by atoms with Crippen LogP contribution < -0.4 is 5.73 Å². The topological polar surface area (TPSA) is 52.3 Å². The molecule has 11 heavy (non-hydrogen) atoms. The molecule has 0 amide bonds. The number of carbonyl (C=O) groups is 1. The predicted octanol–water partition coefficient (Wildman–Crippen LogP) is 0.868. The molecule has 0 aliphatic rings. The van der Waals surface area contributed by atoms with E-state index in [9.17, 15) is 4.79 Å². The Labute approximate surface area is 80.1 Å². The van der Waals surface area contributed by atoms with E-state index in [0.29, 0.717) is 6.42 Å². The zero-order chi connectivity index (χ0) is 8.69.